The van der Waals surface area contributed by atoms with Gasteiger partial charge in [-0.2, -0.15) is 9.81 Å². The molecule has 1 aliphatic carbocycles. The molecule has 1 fully saturated rings. The third kappa shape index (κ3) is 2.55. The van der Waals surface area contributed by atoms with Gasteiger partial charge in [0.25, 0.3) is 0 Å². The molecule has 2 atom stereocenters. The average molecular weight is 202 g/mol. The van der Waals surface area contributed by atoms with E-state index in [2.05, 4.69) is 10.4 Å². The maximum absolute atomic E-state index is 10.4. The van der Waals surface area contributed by atoms with Crippen molar-refractivity contribution in [1.82, 2.24) is 0 Å². The summed E-state index contributed by atoms with van der Waals surface area (Å²) in [4.78, 5) is 20.5. The summed E-state index contributed by atoms with van der Waals surface area (Å²) in [6, 6.07) is -0.648. The summed E-state index contributed by atoms with van der Waals surface area (Å²) in [6.45, 7) is 1.68. The van der Waals surface area contributed by atoms with Crippen molar-refractivity contribution in [3.05, 3.63) is 9.81 Å². The van der Waals surface area contributed by atoms with Crippen molar-refractivity contribution in [2.24, 2.45) is 15.8 Å². The first kappa shape index (κ1) is 11.2. The second kappa shape index (κ2) is 3.70. The third-order valence-electron chi connectivity index (χ3n) is 2.60. The summed E-state index contributed by atoms with van der Waals surface area (Å²) in [5.74, 6) is -1.91. The monoisotopic (exact) mass is 202 g/mol. The molecule has 0 aromatic heterocycles. The lowest BCUT2D eigenvalue weighted by molar-refractivity contribution is -0.206. The van der Waals surface area contributed by atoms with Gasteiger partial charge in [0.05, 0.1) is 12.6 Å². The van der Waals surface area contributed by atoms with Crippen LogP contribution >= 0.6 is 0 Å². The molecule has 1 aliphatic rings. The van der Waals surface area contributed by atoms with Gasteiger partial charge in [-0.3, -0.25) is 0 Å². The molecule has 2 unspecified atom stereocenters. The van der Waals surface area contributed by atoms with Crippen LogP contribution in [0.1, 0.15) is 26.2 Å². The smallest absolute Gasteiger partial charge is 0.165 e. The number of nitroso groups, excluding NO2 is 2. The molecule has 0 spiro atoms. The fraction of sp³-hybridized carbons (Fsp3) is 1.00. The van der Waals surface area contributed by atoms with Crippen LogP contribution in [0.25, 0.3) is 0 Å². The molecule has 1 rings (SSSR count). The highest BCUT2D eigenvalue weighted by atomic mass is 16.5. The molecule has 6 heteroatoms. The normalized spacial score (nSPS) is 36.4. The van der Waals surface area contributed by atoms with Crippen LogP contribution in [-0.2, 0) is 0 Å². The highest BCUT2D eigenvalue weighted by Gasteiger charge is 2.45. The molecular weight excluding hydrogens is 188 g/mol. The minimum absolute atomic E-state index is 0.0259. The van der Waals surface area contributed by atoms with Crippen LogP contribution in [0.3, 0.4) is 0 Å². The Hall–Kier alpha value is -0.880. The minimum Gasteiger partial charge on any atom is -0.366 e. The second-order valence-electron chi connectivity index (χ2n) is 4.42. The molecule has 6 nitrogen and oxygen atoms in total. The van der Waals surface area contributed by atoms with E-state index < -0.39 is 17.2 Å². The zero-order chi connectivity index (χ0) is 10.8. The molecule has 0 heterocycles. The Kier molecular flexibility index (Phi) is 2.96. The van der Waals surface area contributed by atoms with Crippen molar-refractivity contribution in [1.29, 1.82) is 0 Å². The first-order chi connectivity index (χ1) is 6.41. The summed E-state index contributed by atoms with van der Waals surface area (Å²) in [7, 11) is 0. The number of rotatable bonds is 3. The number of nitrogens with zero attached hydrogens (tertiary/aromatic N) is 2. The van der Waals surface area contributed by atoms with E-state index in [1.165, 1.54) is 0 Å². The van der Waals surface area contributed by atoms with E-state index >= 15 is 0 Å². The molecule has 14 heavy (non-hydrogen) atoms. The van der Waals surface area contributed by atoms with Gasteiger partial charge < -0.3 is 10.2 Å². The van der Waals surface area contributed by atoms with Crippen LogP contribution in [0.4, 0.5) is 0 Å². The molecule has 0 aromatic carbocycles. The van der Waals surface area contributed by atoms with E-state index in [1.54, 1.807) is 6.92 Å². The molecule has 0 saturated heterocycles. The van der Waals surface area contributed by atoms with Gasteiger partial charge in [0.2, 0.25) is 0 Å². The van der Waals surface area contributed by atoms with Crippen molar-refractivity contribution in [3.63, 3.8) is 0 Å². The quantitative estimate of drug-likeness (QED) is 0.521. The molecular formula is C8H14N2O4. The lowest BCUT2D eigenvalue weighted by Crippen LogP contribution is -2.46. The second-order valence-corrected chi connectivity index (χ2v) is 4.42. The molecule has 0 radical (unpaired) electrons. The van der Waals surface area contributed by atoms with Gasteiger partial charge >= 0.3 is 0 Å². The zero-order valence-corrected chi connectivity index (χ0v) is 8.01. The Morgan fingerprint density at radius 2 is 2.00 bits per heavy atom. The lowest BCUT2D eigenvalue weighted by atomic mass is 9.71. The van der Waals surface area contributed by atoms with Gasteiger partial charge in [-0.05, 0) is 11.8 Å². The average Bonchev–Trinajstić information content (AvgIpc) is 2.00. The van der Waals surface area contributed by atoms with E-state index in [4.69, 9.17) is 0 Å². The van der Waals surface area contributed by atoms with Crippen molar-refractivity contribution < 1.29 is 10.2 Å². The highest BCUT2D eigenvalue weighted by molar-refractivity contribution is 4.94. The van der Waals surface area contributed by atoms with Gasteiger partial charge in [0.1, 0.15) is 0 Å². The Morgan fingerprint density at radius 1 is 1.36 bits per heavy atom. The predicted octanol–water partition coefficient (Wildman–Crippen LogP) is 0.759. The standard InChI is InChI=1S/C8H14N2O4/c1-7(5-9-13)2-6(10-14)3-8(11,12)4-7/h6,11-12H,2-5H2,1H3. The lowest BCUT2D eigenvalue weighted by Gasteiger charge is -2.40. The largest absolute Gasteiger partial charge is 0.366 e. The maximum atomic E-state index is 10.4. The molecule has 0 aliphatic heterocycles. The molecule has 1 saturated carbocycles. The fourth-order valence-electron chi connectivity index (χ4n) is 2.20. The van der Waals surface area contributed by atoms with Crippen molar-refractivity contribution in [2.45, 2.75) is 38.0 Å². The molecule has 0 bridgehead atoms. The van der Waals surface area contributed by atoms with Gasteiger partial charge in [-0.15, -0.1) is 0 Å². The highest BCUT2D eigenvalue weighted by Crippen LogP contribution is 2.41. The predicted molar refractivity (Wildman–Crippen MR) is 49.4 cm³/mol. The molecule has 80 valence electrons. The summed E-state index contributed by atoms with van der Waals surface area (Å²) >= 11 is 0. The van der Waals surface area contributed by atoms with Crippen LogP contribution in [0.2, 0.25) is 0 Å². The minimum atomic E-state index is -1.91. The van der Waals surface area contributed by atoms with E-state index in [1.807, 2.05) is 0 Å². The Morgan fingerprint density at radius 3 is 2.50 bits per heavy atom. The van der Waals surface area contributed by atoms with Crippen LogP contribution in [-0.4, -0.2) is 28.6 Å². The Labute approximate surface area is 81.3 Å². The van der Waals surface area contributed by atoms with Crippen LogP contribution in [0, 0.1) is 15.2 Å². The summed E-state index contributed by atoms with van der Waals surface area (Å²) in [5, 5.41) is 24.5. The summed E-state index contributed by atoms with van der Waals surface area (Å²) in [6.07, 6.45) is 0.369. The topological polar surface area (TPSA) is 99.3 Å². The maximum Gasteiger partial charge on any atom is 0.165 e. The number of hydrogen-bond acceptors (Lipinski definition) is 6. The van der Waals surface area contributed by atoms with E-state index in [-0.39, 0.29) is 19.4 Å². The van der Waals surface area contributed by atoms with Crippen molar-refractivity contribution >= 4 is 0 Å². The van der Waals surface area contributed by atoms with Gasteiger partial charge in [0, 0.05) is 12.8 Å². The Bertz CT molecular complexity index is 243. The van der Waals surface area contributed by atoms with Crippen LogP contribution in [0.5, 0.6) is 0 Å². The number of aliphatic hydroxyl groups is 2. The molecule has 0 aromatic rings. The third-order valence-corrected chi connectivity index (χ3v) is 2.60. The molecule has 0 amide bonds. The fourth-order valence-corrected chi connectivity index (χ4v) is 2.20. The van der Waals surface area contributed by atoms with E-state index in [0.29, 0.717) is 6.42 Å². The van der Waals surface area contributed by atoms with Gasteiger partial charge in [-0.1, -0.05) is 17.3 Å². The van der Waals surface area contributed by atoms with Crippen molar-refractivity contribution in [3.8, 4) is 0 Å². The summed E-state index contributed by atoms with van der Waals surface area (Å²) < 4.78 is 0. The molecule has 2 N–H and O–H groups in total. The van der Waals surface area contributed by atoms with Gasteiger partial charge in [-0.25, -0.2) is 0 Å². The summed E-state index contributed by atoms with van der Waals surface area (Å²) in [5.41, 5.74) is -0.637. The van der Waals surface area contributed by atoms with Crippen LogP contribution < -0.4 is 0 Å². The number of hydrogen-bond donors (Lipinski definition) is 2. The Balaban J connectivity index is 2.78. The first-order valence-corrected chi connectivity index (χ1v) is 4.47. The van der Waals surface area contributed by atoms with E-state index in [0.717, 1.165) is 0 Å². The zero-order valence-electron chi connectivity index (χ0n) is 8.01. The first-order valence-electron chi connectivity index (χ1n) is 4.47. The van der Waals surface area contributed by atoms with Gasteiger partial charge in [0.15, 0.2) is 5.79 Å². The van der Waals surface area contributed by atoms with Crippen LogP contribution in [0.15, 0.2) is 10.4 Å². The van der Waals surface area contributed by atoms with Crippen molar-refractivity contribution in [2.75, 3.05) is 6.54 Å². The van der Waals surface area contributed by atoms with E-state index in [9.17, 15) is 20.0 Å². The SMILES string of the molecule is CC1(CN=O)CC(N=O)CC(O)(O)C1.